The molecule has 2 heterocycles. The molecule has 7 heteroatoms. The highest BCUT2D eigenvalue weighted by Gasteiger charge is 2.13. The van der Waals surface area contributed by atoms with E-state index in [0.717, 1.165) is 18.5 Å². The van der Waals surface area contributed by atoms with Crippen molar-refractivity contribution in [2.24, 2.45) is 0 Å². The lowest BCUT2D eigenvalue weighted by atomic mass is 10.0. The zero-order valence-electron chi connectivity index (χ0n) is 15.0. The van der Waals surface area contributed by atoms with Gasteiger partial charge in [-0.3, -0.25) is 4.79 Å². The fourth-order valence-electron chi connectivity index (χ4n) is 2.69. The lowest BCUT2D eigenvalue weighted by molar-refractivity contribution is 0.102. The van der Waals surface area contributed by atoms with E-state index >= 15 is 0 Å². The van der Waals surface area contributed by atoms with Crippen molar-refractivity contribution in [2.75, 3.05) is 10.6 Å². The van der Waals surface area contributed by atoms with Crippen LogP contribution in [0.4, 0.5) is 17.3 Å². The number of amides is 1. The SMILES string of the molecule is CCc1cccc(CC)c1Nc1cc(C(=O)Nc2cc(C)on2)ncn1. The van der Waals surface area contributed by atoms with Crippen LogP contribution in [0.1, 0.15) is 41.2 Å². The Kier molecular flexibility index (Phi) is 5.26. The maximum atomic E-state index is 12.4. The van der Waals surface area contributed by atoms with Gasteiger partial charge in [0.1, 0.15) is 23.6 Å². The zero-order chi connectivity index (χ0) is 18.5. The molecule has 26 heavy (non-hydrogen) atoms. The van der Waals surface area contributed by atoms with E-state index in [9.17, 15) is 4.79 Å². The van der Waals surface area contributed by atoms with Crippen LogP contribution in [0, 0.1) is 6.92 Å². The van der Waals surface area contributed by atoms with Crippen molar-refractivity contribution in [3.8, 4) is 0 Å². The fraction of sp³-hybridized carbons (Fsp3) is 0.263. The van der Waals surface area contributed by atoms with Crippen molar-refractivity contribution in [2.45, 2.75) is 33.6 Å². The molecule has 0 aliphatic rings. The summed E-state index contributed by atoms with van der Waals surface area (Å²) in [6.45, 7) is 5.98. The first-order chi connectivity index (χ1) is 12.6. The van der Waals surface area contributed by atoms with Gasteiger partial charge in [-0.25, -0.2) is 9.97 Å². The van der Waals surface area contributed by atoms with Crippen molar-refractivity contribution in [1.29, 1.82) is 0 Å². The minimum Gasteiger partial charge on any atom is -0.360 e. The molecule has 3 rings (SSSR count). The van der Waals surface area contributed by atoms with Crippen LogP contribution in [-0.4, -0.2) is 21.0 Å². The van der Waals surface area contributed by atoms with Gasteiger partial charge in [0.05, 0.1) is 0 Å². The lowest BCUT2D eigenvalue weighted by Gasteiger charge is -2.15. The standard InChI is InChI=1S/C19H21N5O2/c1-4-13-7-6-8-14(5-2)18(13)22-16-10-15(20-11-21-16)19(25)23-17-9-12(3)26-24-17/h6-11H,4-5H2,1-3H3,(H,20,21,22)(H,23,24,25). The summed E-state index contributed by atoms with van der Waals surface area (Å²) in [5.41, 5.74) is 3.68. The van der Waals surface area contributed by atoms with E-state index in [1.165, 1.54) is 17.5 Å². The number of aromatic nitrogens is 3. The summed E-state index contributed by atoms with van der Waals surface area (Å²) in [5.74, 6) is 1.17. The molecule has 0 atom stereocenters. The molecule has 134 valence electrons. The smallest absolute Gasteiger partial charge is 0.275 e. The summed E-state index contributed by atoms with van der Waals surface area (Å²) in [7, 11) is 0. The topological polar surface area (TPSA) is 92.9 Å². The first kappa shape index (κ1) is 17.6. The van der Waals surface area contributed by atoms with Crippen LogP contribution in [0.15, 0.2) is 41.2 Å². The lowest BCUT2D eigenvalue weighted by Crippen LogP contribution is -2.14. The minimum atomic E-state index is -0.372. The van der Waals surface area contributed by atoms with Crippen LogP contribution in [-0.2, 0) is 12.8 Å². The van der Waals surface area contributed by atoms with Crippen molar-refractivity contribution in [3.63, 3.8) is 0 Å². The van der Waals surface area contributed by atoms with Gasteiger partial charge >= 0.3 is 0 Å². The van der Waals surface area contributed by atoms with Crippen LogP contribution in [0.3, 0.4) is 0 Å². The Hall–Kier alpha value is -3.22. The van der Waals surface area contributed by atoms with Crippen molar-refractivity contribution >= 4 is 23.2 Å². The van der Waals surface area contributed by atoms with Crippen molar-refractivity contribution < 1.29 is 9.32 Å². The number of hydrogen-bond acceptors (Lipinski definition) is 6. The average molecular weight is 351 g/mol. The Morgan fingerprint density at radius 3 is 2.42 bits per heavy atom. The zero-order valence-corrected chi connectivity index (χ0v) is 15.0. The molecule has 0 saturated carbocycles. The molecule has 2 aromatic heterocycles. The van der Waals surface area contributed by atoms with Crippen molar-refractivity contribution in [1.82, 2.24) is 15.1 Å². The average Bonchev–Trinajstić information content (AvgIpc) is 3.06. The third-order valence-corrected chi connectivity index (χ3v) is 4.02. The Bertz CT molecular complexity index is 898. The van der Waals surface area contributed by atoms with Crippen LogP contribution >= 0.6 is 0 Å². The largest absolute Gasteiger partial charge is 0.360 e. The van der Waals surface area contributed by atoms with E-state index in [-0.39, 0.29) is 11.6 Å². The summed E-state index contributed by atoms with van der Waals surface area (Å²) in [6.07, 6.45) is 3.17. The molecule has 0 aliphatic carbocycles. The normalized spacial score (nSPS) is 10.6. The number of benzene rings is 1. The molecule has 1 aromatic carbocycles. The van der Waals surface area contributed by atoms with Crippen LogP contribution in [0.5, 0.6) is 0 Å². The number of hydrogen-bond donors (Lipinski definition) is 2. The van der Waals surface area contributed by atoms with Crippen LogP contribution in [0.25, 0.3) is 0 Å². The third-order valence-electron chi connectivity index (χ3n) is 4.02. The van der Waals surface area contributed by atoms with Gasteiger partial charge in [0, 0.05) is 17.8 Å². The molecule has 2 N–H and O–H groups in total. The summed E-state index contributed by atoms with van der Waals surface area (Å²) >= 11 is 0. The molecule has 7 nitrogen and oxygen atoms in total. The summed E-state index contributed by atoms with van der Waals surface area (Å²) in [5, 5.41) is 9.75. The Balaban J connectivity index is 1.83. The number of nitrogens with one attached hydrogen (secondary N) is 2. The van der Waals surface area contributed by atoms with Gasteiger partial charge in [-0.05, 0) is 30.9 Å². The molecule has 0 saturated heterocycles. The molecule has 3 aromatic rings. The number of rotatable bonds is 6. The van der Waals surface area contributed by atoms with Gasteiger partial charge in [0.15, 0.2) is 5.82 Å². The molecule has 1 amide bonds. The maximum absolute atomic E-state index is 12.4. The van der Waals surface area contributed by atoms with E-state index in [0.29, 0.717) is 17.4 Å². The molecular weight excluding hydrogens is 330 g/mol. The third kappa shape index (κ3) is 3.88. The molecule has 0 radical (unpaired) electrons. The highest BCUT2D eigenvalue weighted by atomic mass is 16.5. The Labute approximate surface area is 151 Å². The predicted octanol–water partition coefficient (Wildman–Crippen LogP) is 3.89. The summed E-state index contributed by atoms with van der Waals surface area (Å²) in [4.78, 5) is 20.7. The molecule has 0 bridgehead atoms. The number of anilines is 3. The Morgan fingerprint density at radius 1 is 1.08 bits per heavy atom. The Morgan fingerprint density at radius 2 is 1.81 bits per heavy atom. The molecule has 0 fully saturated rings. The highest BCUT2D eigenvalue weighted by Crippen LogP contribution is 2.25. The molecule has 0 spiro atoms. The van der Waals surface area contributed by atoms with Gasteiger partial charge < -0.3 is 15.2 Å². The van der Waals surface area contributed by atoms with Crippen molar-refractivity contribution in [3.05, 3.63) is 59.2 Å². The molecular formula is C19H21N5O2. The second kappa shape index (κ2) is 7.77. The number of carbonyl (C=O) groups excluding carboxylic acids is 1. The molecule has 0 aliphatic heterocycles. The van der Waals surface area contributed by atoms with Gasteiger partial charge in [0.2, 0.25) is 0 Å². The number of nitrogens with zero attached hydrogens (tertiary/aromatic N) is 3. The first-order valence-corrected chi connectivity index (χ1v) is 8.55. The van der Waals surface area contributed by atoms with E-state index in [2.05, 4.69) is 57.8 Å². The number of carbonyl (C=O) groups is 1. The molecule has 0 unspecified atom stereocenters. The van der Waals surface area contributed by atoms with E-state index in [4.69, 9.17) is 4.52 Å². The van der Waals surface area contributed by atoms with Gasteiger partial charge in [-0.15, -0.1) is 0 Å². The summed E-state index contributed by atoms with van der Waals surface area (Å²) in [6, 6.07) is 9.49. The number of para-hydroxylation sites is 1. The van der Waals surface area contributed by atoms with Gasteiger partial charge in [0.25, 0.3) is 5.91 Å². The maximum Gasteiger partial charge on any atom is 0.275 e. The first-order valence-electron chi connectivity index (χ1n) is 8.55. The van der Waals surface area contributed by atoms with Gasteiger partial charge in [-0.1, -0.05) is 37.2 Å². The van der Waals surface area contributed by atoms with Gasteiger partial charge in [-0.2, -0.15) is 0 Å². The second-order valence-electron chi connectivity index (χ2n) is 5.85. The van der Waals surface area contributed by atoms with E-state index in [1.54, 1.807) is 19.1 Å². The quantitative estimate of drug-likeness (QED) is 0.700. The highest BCUT2D eigenvalue weighted by molar-refractivity contribution is 6.02. The predicted molar refractivity (Wildman–Crippen MR) is 99.7 cm³/mol. The van der Waals surface area contributed by atoms with Crippen LogP contribution < -0.4 is 10.6 Å². The minimum absolute atomic E-state index is 0.246. The van der Waals surface area contributed by atoms with Crippen LogP contribution in [0.2, 0.25) is 0 Å². The van der Waals surface area contributed by atoms with E-state index < -0.39 is 0 Å². The monoisotopic (exact) mass is 351 g/mol. The summed E-state index contributed by atoms with van der Waals surface area (Å²) < 4.78 is 4.95. The fourth-order valence-corrected chi connectivity index (χ4v) is 2.69. The van der Waals surface area contributed by atoms with E-state index in [1.807, 2.05) is 0 Å². The second-order valence-corrected chi connectivity index (χ2v) is 5.85. The number of aryl methyl sites for hydroxylation is 3.